The molecule has 0 spiro atoms. The number of hydrogen-bond donors (Lipinski definition) is 1. The Morgan fingerprint density at radius 1 is 1.58 bits per heavy atom. The molecule has 2 atom stereocenters. The molecule has 1 N–H and O–H groups in total. The van der Waals surface area contributed by atoms with Gasteiger partial charge in [-0.3, -0.25) is 4.79 Å². The maximum absolute atomic E-state index is 11.6. The summed E-state index contributed by atoms with van der Waals surface area (Å²) in [6, 6.07) is 1.89. The van der Waals surface area contributed by atoms with E-state index in [0.29, 0.717) is 16.3 Å². The molecule has 1 aliphatic carbocycles. The third-order valence-electron chi connectivity index (χ3n) is 3.31. The molecule has 0 aliphatic heterocycles. The van der Waals surface area contributed by atoms with E-state index in [9.17, 15) is 4.79 Å². The van der Waals surface area contributed by atoms with Crippen LogP contribution in [0.25, 0.3) is 4.96 Å². The summed E-state index contributed by atoms with van der Waals surface area (Å²) in [7, 11) is 0. The van der Waals surface area contributed by atoms with Crippen molar-refractivity contribution in [2.24, 2.45) is 0 Å². The van der Waals surface area contributed by atoms with E-state index in [-0.39, 0.29) is 5.56 Å². The zero-order valence-corrected chi connectivity index (χ0v) is 12.3. The van der Waals surface area contributed by atoms with Gasteiger partial charge in [-0.25, -0.2) is 4.98 Å². The summed E-state index contributed by atoms with van der Waals surface area (Å²) in [5, 5.41) is 9.24. The first-order valence-electron chi connectivity index (χ1n) is 6.51. The minimum absolute atomic E-state index is 0.125. The molecule has 102 valence electrons. The van der Waals surface area contributed by atoms with Crippen LogP contribution in [0.5, 0.6) is 0 Å². The van der Waals surface area contributed by atoms with Crippen molar-refractivity contribution < 1.29 is 0 Å². The number of nitrogens with one attached hydrogen (secondary N) is 1. The van der Waals surface area contributed by atoms with E-state index in [0.717, 1.165) is 10.9 Å². The lowest BCUT2D eigenvalue weighted by molar-refractivity contribution is 0.759. The Balaban J connectivity index is 1.81. The topological polar surface area (TPSA) is 59.3 Å². The molecule has 1 aliphatic rings. The molecule has 0 aromatic carbocycles. The maximum Gasteiger partial charge on any atom is 0.275 e. The van der Waals surface area contributed by atoms with Crippen molar-refractivity contribution in [3.63, 3.8) is 0 Å². The molecule has 0 radical (unpaired) electrons. The number of fused-ring (bicyclic) bond motifs is 1. The molecule has 0 amide bonds. The van der Waals surface area contributed by atoms with E-state index in [1.807, 2.05) is 11.8 Å². The Morgan fingerprint density at radius 2 is 2.47 bits per heavy atom. The van der Waals surface area contributed by atoms with Gasteiger partial charge in [-0.15, -0.1) is 5.10 Å². The summed E-state index contributed by atoms with van der Waals surface area (Å²) in [5.41, 5.74) is -0.125. The van der Waals surface area contributed by atoms with Crippen LogP contribution in [0, 0.1) is 0 Å². The molecule has 7 heteroatoms. The molecule has 0 bridgehead atoms. The molecule has 1 fully saturated rings. The monoisotopic (exact) mass is 296 g/mol. The van der Waals surface area contributed by atoms with E-state index >= 15 is 0 Å². The maximum atomic E-state index is 11.6. The largest absolute Gasteiger partial charge is 0.356 e. The molecule has 2 aromatic heterocycles. The van der Waals surface area contributed by atoms with Gasteiger partial charge in [0, 0.05) is 23.6 Å². The summed E-state index contributed by atoms with van der Waals surface area (Å²) in [4.78, 5) is 16.4. The smallest absolute Gasteiger partial charge is 0.275 e. The SMILES string of the molecule is CCSC1CCCC1Nc1nn2c(=O)ccnc2s1. The molecule has 1 saturated carbocycles. The average molecular weight is 296 g/mol. The molecule has 3 rings (SSSR count). The zero-order valence-electron chi connectivity index (χ0n) is 10.7. The lowest BCUT2D eigenvalue weighted by Crippen LogP contribution is -2.26. The third kappa shape index (κ3) is 2.62. The molecular weight excluding hydrogens is 280 g/mol. The van der Waals surface area contributed by atoms with Crippen LogP contribution in [0.3, 0.4) is 0 Å². The standard InChI is InChI=1S/C12H16N4OS2/c1-2-18-9-5-3-4-8(9)14-11-15-16-10(17)6-7-13-12(16)19-11/h6-9H,2-5H2,1H3,(H,14,15). The first-order chi connectivity index (χ1) is 9.28. The summed E-state index contributed by atoms with van der Waals surface area (Å²) in [6.07, 6.45) is 5.23. The van der Waals surface area contributed by atoms with Gasteiger partial charge < -0.3 is 5.32 Å². The fraction of sp³-hybridized carbons (Fsp3) is 0.583. The van der Waals surface area contributed by atoms with Gasteiger partial charge in [0.15, 0.2) is 0 Å². The van der Waals surface area contributed by atoms with Crippen molar-refractivity contribution in [2.75, 3.05) is 11.1 Å². The van der Waals surface area contributed by atoms with Crippen molar-refractivity contribution in [2.45, 2.75) is 37.5 Å². The van der Waals surface area contributed by atoms with Gasteiger partial charge in [-0.1, -0.05) is 24.7 Å². The van der Waals surface area contributed by atoms with E-state index in [4.69, 9.17) is 0 Å². The second-order valence-electron chi connectivity index (χ2n) is 4.56. The number of rotatable bonds is 4. The Kier molecular flexibility index (Phi) is 3.74. The van der Waals surface area contributed by atoms with E-state index < -0.39 is 0 Å². The second kappa shape index (κ2) is 5.50. The van der Waals surface area contributed by atoms with Crippen molar-refractivity contribution in [1.29, 1.82) is 0 Å². The molecular formula is C12H16N4OS2. The number of aromatic nitrogens is 3. The predicted octanol–water partition coefficient (Wildman–Crippen LogP) is 2.24. The highest BCUT2D eigenvalue weighted by atomic mass is 32.2. The Bertz CT molecular complexity index is 623. The predicted molar refractivity (Wildman–Crippen MR) is 80.3 cm³/mol. The normalized spacial score (nSPS) is 23.0. The van der Waals surface area contributed by atoms with Crippen LogP contribution in [0.4, 0.5) is 5.13 Å². The van der Waals surface area contributed by atoms with Gasteiger partial charge in [0.25, 0.3) is 5.56 Å². The van der Waals surface area contributed by atoms with E-state index in [1.165, 1.54) is 47.4 Å². The minimum atomic E-state index is -0.125. The Morgan fingerprint density at radius 3 is 3.26 bits per heavy atom. The van der Waals surface area contributed by atoms with Crippen LogP contribution in [-0.4, -0.2) is 31.6 Å². The van der Waals surface area contributed by atoms with Crippen LogP contribution >= 0.6 is 23.1 Å². The summed E-state index contributed by atoms with van der Waals surface area (Å²) < 4.78 is 1.37. The van der Waals surface area contributed by atoms with Crippen LogP contribution in [0.1, 0.15) is 26.2 Å². The fourth-order valence-corrected chi connectivity index (χ4v) is 4.50. The first kappa shape index (κ1) is 12.9. The van der Waals surface area contributed by atoms with Crippen LogP contribution < -0.4 is 10.9 Å². The number of thioether (sulfide) groups is 1. The average Bonchev–Trinajstić information content (AvgIpc) is 2.98. The van der Waals surface area contributed by atoms with Gasteiger partial charge in [-0.2, -0.15) is 16.3 Å². The van der Waals surface area contributed by atoms with Crippen LogP contribution in [0.2, 0.25) is 0 Å². The van der Waals surface area contributed by atoms with Crippen molar-refractivity contribution in [3.05, 3.63) is 22.6 Å². The van der Waals surface area contributed by atoms with Gasteiger partial charge in [-0.05, 0) is 18.6 Å². The number of anilines is 1. The summed E-state index contributed by atoms with van der Waals surface area (Å²) in [5.74, 6) is 1.14. The molecule has 5 nitrogen and oxygen atoms in total. The first-order valence-corrected chi connectivity index (χ1v) is 8.37. The zero-order chi connectivity index (χ0) is 13.2. The Labute approximate surface area is 119 Å². The van der Waals surface area contributed by atoms with Crippen molar-refractivity contribution in [1.82, 2.24) is 14.6 Å². The molecule has 2 unspecified atom stereocenters. The van der Waals surface area contributed by atoms with Crippen LogP contribution in [-0.2, 0) is 0 Å². The quantitative estimate of drug-likeness (QED) is 0.937. The molecule has 2 heterocycles. The minimum Gasteiger partial charge on any atom is -0.356 e. The lowest BCUT2D eigenvalue weighted by Gasteiger charge is -2.19. The van der Waals surface area contributed by atoms with Gasteiger partial charge >= 0.3 is 0 Å². The fourth-order valence-electron chi connectivity index (χ4n) is 2.47. The van der Waals surface area contributed by atoms with Gasteiger partial charge in [0.2, 0.25) is 10.1 Å². The highest BCUT2D eigenvalue weighted by Crippen LogP contribution is 2.32. The molecule has 19 heavy (non-hydrogen) atoms. The van der Waals surface area contributed by atoms with Gasteiger partial charge in [0.1, 0.15) is 0 Å². The third-order valence-corrected chi connectivity index (χ3v) is 5.49. The highest BCUT2D eigenvalue weighted by molar-refractivity contribution is 7.99. The number of hydrogen-bond acceptors (Lipinski definition) is 6. The number of nitrogens with zero attached hydrogens (tertiary/aromatic N) is 3. The van der Waals surface area contributed by atoms with Crippen LogP contribution in [0.15, 0.2) is 17.1 Å². The van der Waals surface area contributed by atoms with Gasteiger partial charge in [0.05, 0.1) is 0 Å². The molecule has 0 saturated heterocycles. The summed E-state index contributed by atoms with van der Waals surface area (Å²) >= 11 is 3.45. The van der Waals surface area contributed by atoms with Crippen molar-refractivity contribution >= 4 is 33.2 Å². The van der Waals surface area contributed by atoms with E-state index in [2.05, 4.69) is 22.3 Å². The molecule has 2 aromatic rings. The van der Waals surface area contributed by atoms with E-state index in [1.54, 1.807) is 0 Å². The second-order valence-corrected chi connectivity index (χ2v) is 7.03. The summed E-state index contributed by atoms with van der Waals surface area (Å²) in [6.45, 7) is 2.20. The Hall–Kier alpha value is -1.08. The van der Waals surface area contributed by atoms with Crippen molar-refractivity contribution in [3.8, 4) is 0 Å². The highest BCUT2D eigenvalue weighted by Gasteiger charge is 2.27. The lowest BCUT2D eigenvalue weighted by atomic mass is 10.2.